The summed E-state index contributed by atoms with van der Waals surface area (Å²) in [6.07, 6.45) is 8.39. The van der Waals surface area contributed by atoms with Crippen molar-refractivity contribution in [2.24, 2.45) is 5.92 Å². The zero-order valence-electron chi connectivity index (χ0n) is 15.0. The molecule has 25 heavy (non-hydrogen) atoms. The first-order valence-electron chi connectivity index (χ1n) is 9.47. The van der Waals surface area contributed by atoms with Crippen LogP contribution in [0.3, 0.4) is 0 Å². The number of halogens is 1. The number of rotatable bonds is 5. The second-order valence-corrected chi connectivity index (χ2v) is 7.29. The number of aryl methyl sites for hydroxylation is 2. The number of hydrogen-bond donors (Lipinski definition) is 0. The van der Waals surface area contributed by atoms with Gasteiger partial charge in [0, 0.05) is 0 Å². The SMILES string of the molecule is CC[C@H]1CC[C@H](c2ccc(CCc3ccc(C#N)c(F)c3)cc2)CC1. The molecule has 0 aliphatic heterocycles. The van der Waals surface area contributed by atoms with Crippen molar-refractivity contribution in [3.63, 3.8) is 0 Å². The lowest BCUT2D eigenvalue weighted by atomic mass is 9.78. The third kappa shape index (κ3) is 4.48. The van der Waals surface area contributed by atoms with E-state index >= 15 is 0 Å². The number of nitriles is 1. The van der Waals surface area contributed by atoms with E-state index in [4.69, 9.17) is 5.26 Å². The molecule has 1 saturated carbocycles. The van der Waals surface area contributed by atoms with Crippen LogP contribution in [-0.4, -0.2) is 0 Å². The van der Waals surface area contributed by atoms with Gasteiger partial charge in [-0.1, -0.05) is 43.7 Å². The second-order valence-electron chi connectivity index (χ2n) is 7.29. The van der Waals surface area contributed by atoms with Crippen molar-refractivity contribution in [3.8, 4) is 6.07 Å². The molecule has 2 aromatic rings. The van der Waals surface area contributed by atoms with Gasteiger partial charge in [-0.15, -0.1) is 0 Å². The zero-order valence-corrected chi connectivity index (χ0v) is 15.0. The molecule has 0 N–H and O–H groups in total. The number of nitrogens with zero attached hydrogens (tertiary/aromatic N) is 1. The summed E-state index contributed by atoms with van der Waals surface area (Å²) in [7, 11) is 0. The van der Waals surface area contributed by atoms with Crippen LogP contribution in [0, 0.1) is 23.1 Å². The minimum Gasteiger partial charge on any atom is -0.206 e. The molecule has 0 radical (unpaired) electrons. The standard InChI is InChI=1S/C23H26FN/c1-2-17-5-10-20(11-6-17)21-12-7-18(8-13-21)3-4-19-9-14-22(16-25)23(24)15-19/h7-9,12-15,17,20H,2-6,10-11H2,1H3/t17-,20-. The summed E-state index contributed by atoms with van der Waals surface area (Å²) in [5.74, 6) is 1.24. The molecule has 0 bridgehead atoms. The first kappa shape index (κ1) is 17.7. The van der Waals surface area contributed by atoms with Crippen molar-refractivity contribution in [2.45, 2.75) is 57.8 Å². The maximum Gasteiger partial charge on any atom is 0.141 e. The molecule has 1 aliphatic carbocycles. The summed E-state index contributed by atoms with van der Waals surface area (Å²) in [5, 5.41) is 8.79. The largest absolute Gasteiger partial charge is 0.206 e. The Morgan fingerprint density at radius 3 is 2.20 bits per heavy atom. The maximum atomic E-state index is 13.7. The highest BCUT2D eigenvalue weighted by atomic mass is 19.1. The van der Waals surface area contributed by atoms with Crippen LogP contribution >= 0.6 is 0 Å². The summed E-state index contributed by atoms with van der Waals surface area (Å²) >= 11 is 0. The van der Waals surface area contributed by atoms with Crippen LogP contribution < -0.4 is 0 Å². The Hall–Kier alpha value is -2.14. The molecule has 0 amide bonds. The van der Waals surface area contributed by atoms with Crippen molar-refractivity contribution >= 4 is 0 Å². The lowest BCUT2D eigenvalue weighted by Crippen LogP contribution is -2.12. The van der Waals surface area contributed by atoms with Gasteiger partial charge in [0.1, 0.15) is 11.9 Å². The first-order chi connectivity index (χ1) is 12.2. The number of hydrogen-bond acceptors (Lipinski definition) is 1. The van der Waals surface area contributed by atoms with E-state index in [9.17, 15) is 4.39 Å². The lowest BCUT2D eigenvalue weighted by molar-refractivity contribution is 0.319. The monoisotopic (exact) mass is 335 g/mol. The Morgan fingerprint density at radius 2 is 1.60 bits per heavy atom. The van der Waals surface area contributed by atoms with Gasteiger partial charge in [0.25, 0.3) is 0 Å². The van der Waals surface area contributed by atoms with E-state index in [0.717, 1.165) is 30.2 Å². The van der Waals surface area contributed by atoms with E-state index in [1.165, 1.54) is 49.3 Å². The lowest BCUT2D eigenvalue weighted by Gasteiger charge is -2.28. The zero-order chi connectivity index (χ0) is 17.6. The maximum absolute atomic E-state index is 13.7. The summed E-state index contributed by atoms with van der Waals surface area (Å²) in [5.41, 5.74) is 3.82. The number of benzene rings is 2. The highest BCUT2D eigenvalue weighted by molar-refractivity contribution is 5.34. The third-order valence-electron chi connectivity index (χ3n) is 5.73. The van der Waals surface area contributed by atoms with E-state index in [-0.39, 0.29) is 5.56 Å². The van der Waals surface area contributed by atoms with Gasteiger partial charge >= 0.3 is 0 Å². The van der Waals surface area contributed by atoms with Crippen LogP contribution in [0.2, 0.25) is 0 Å². The van der Waals surface area contributed by atoms with Gasteiger partial charge in [0.15, 0.2) is 0 Å². The van der Waals surface area contributed by atoms with Gasteiger partial charge in [-0.3, -0.25) is 0 Å². The van der Waals surface area contributed by atoms with E-state index in [2.05, 4.69) is 31.2 Å². The Labute approximate surface area is 150 Å². The highest BCUT2D eigenvalue weighted by Crippen LogP contribution is 2.36. The molecule has 1 aliphatic rings. The van der Waals surface area contributed by atoms with Crippen LogP contribution in [0.25, 0.3) is 0 Å². The van der Waals surface area contributed by atoms with Gasteiger partial charge < -0.3 is 0 Å². The molecule has 130 valence electrons. The molecule has 2 aromatic carbocycles. The van der Waals surface area contributed by atoms with Gasteiger partial charge in [-0.05, 0) is 79.2 Å². The molecule has 0 atom stereocenters. The Morgan fingerprint density at radius 1 is 0.960 bits per heavy atom. The van der Waals surface area contributed by atoms with Gasteiger partial charge in [-0.25, -0.2) is 4.39 Å². The van der Waals surface area contributed by atoms with Crippen molar-refractivity contribution in [2.75, 3.05) is 0 Å². The second kappa shape index (κ2) is 8.30. The van der Waals surface area contributed by atoms with Gasteiger partial charge in [0.2, 0.25) is 0 Å². The van der Waals surface area contributed by atoms with Crippen LogP contribution in [-0.2, 0) is 12.8 Å². The Kier molecular flexibility index (Phi) is 5.87. The molecule has 1 fully saturated rings. The molecule has 0 heterocycles. The fraction of sp³-hybridized carbons (Fsp3) is 0.435. The Bertz CT molecular complexity index is 734. The topological polar surface area (TPSA) is 23.8 Å². The van der Waals surface area contributed by atoms with Gasteiger partial charge in [-0.2, -0.15) is 5.26 Å². The van der Waals surface area contributed by atoms with Crippen molar-refractivity contribution in [1.82, 2.24) is 0 Å². The van der Waals surface area contributed by atoms with E-state index in [1.807, 2.05) is 12.1 Å². The quantitative estimate of drug-likeness (QED) is 0.641. The summed E-state index contributed by atoms with van der Waals surface area (Å²) in [4.78, 5) is 0. The predicted molar refractivity (Wildman–Crippen MR) is 100.0 cm³/mol. The molecule has 3 rings (SSSR count). The van der Waals surface area contributed by atoms with Gasteiger partial charge in [0.05, 0.1) is 5.56 Å². The van der Waals surface area contributed by atoms with E-state index in [1.54, 1.807) is 6.07 Å². The molecule has 1 nitrogen and oxygen atoms in total. The van der Waals surface area contributed by atoms with Crippen LogP contribution in [0.1, 0.15) is 67.2 Å². The van der Waals surface area contributed by atoms with E-state index < -0.39 is 5.82 Å². The first-order valence-corrected chi connectivity index (χ1v) is 9.47. The third-order valence-corrected chi connectivity index (χ3v) is 5.73. The van der Waals surface area contributed by atoms with Crippen LogP contribution in [0.5, 0.6) is 0 Å². The summed E-state index contributed by atoms with van der Waals surface area (Å²) in [6.45, 7) is 2.31. The minimum absolute atomic E-state index is 0.117. The van der Waals surface area contributed by atoms with E-state index in [0.29, 0.717) is 0 Å². The molecule has 0 unspecified atom stereocenters. The molecule has 0 aromatic heterocycles. The fourth-order valence-corrected chi connectivity index (χ4v) is 3.95. The Balaban J connectivity index is 1.56. The van der Waals surface area contributed by atoms with Crippen molar-refractivity contribution in [3.05, 3.63) is 70.5 Å². The normalized spacial score (nSPS) is 20.2. The van der Waals surface area contributed by atoms with Crippen molar-refractivity contribution in [1.29, 1.82) is 5.26 Å². The smallest absolute Gasteiger partial charge is 0.141 e. The van der Waals surface area contributed by atoms with Crippen molar-refractivity contribution < 1.29 is 4.39 Å². The fourth-order valence-electron chi connectivity index (χ4n) is 3.95. The molecule has 0 saturated heterocycles. The molecular formula is C23H26FN. The summed E-state index contributed by atoms with van der Waals surface area (Å²) in [6, 6.07) is 15.8. The van der Waals surface area contributed by atoms with Crippen LogP contribution in [0.15, 0.2) is 42.5 Å². The molecule has 2 heteroatoms. The van der Waals surface area contributed by atoms with Crippen LogP contribution in [0.4, 0.5) is 4.39 Å². The molecule has 0 spiro atoms. The minimum atomic E-state index is -0.418. The highest BCUT2D eigenvalue weighted by Gasteiger charge is 2.21. The summed E-state index contributed by atoms with van der Waals surface area (Å²) < 4.78 is 13.7. The predicted octanol–water partition coefficient (Wildman–Crippen LogP) is 6.17. The average molecular weight is 335 g/mol. The average Bonchev–Trinajstić information content (AvgIpc) is 2.67. The molecular weight excluding hydrogens is 309 g/mol.